The van der Waals surface area contributed by atoms with E-state index in [2.05, 4.69) is 5.32 Å². The zero-order valence-corrected chi connectivity index (χ0v) is 31.0. The van der Waals surface area contributed by atoms with Crippen LogP contribution in [0.1, 0.15) is 52.1 Å². The van der Waals surface area contributed by atoms with E-state index in [0.717, 1.165) is 53.4 Å². The van der Waals surface area contributed by atoms with Crippen molar-refractivity contribution < 1.29 is 69.2 Å². The van der Waals surface area contributed by atoms with Gasteiger partial charge in [0.25, 0.3) is 23.2 Å². The predicted molar refractivity (Wildman–Crippen MR) is 190 cm³/mol. The van der Waals surface area contributed by atoms with Gasteiger partial charge in [0.1, 0.15) is 28.4 Å². The van der Waals surface area contributed by atoms with Crippen LogP contribution in [0.15, 0.2) is 72.8 Å². The van der Waals surface area contributed by atoms with E-state index < -0.39 is 79.6 Å². The van der Waals surface area contributed by atoms with Crippen molar-refractivity contribution in [3.05, 3.63) is 126 Å². The summed E-state index contributed by atoms with van der Waals surface area (Å²) in [5.41, 5.74) is -3.81. The fourth-order valence-corrected chi connectivity index (χ4v) is 4.88. The number of nitro benzene ring substituents is 2. The largest absolute Gasteiger partial charge is 0.466 e. The molecule has 58 heavy (non-hydrogen) atoms. The molecular formula is C36H30ClF7N4O10. The number of amides is 2. The van der Waals surface area contributed by atoms with E-state index in [1.807, 2.05) is 0 Å². The lowest BCUT2D eigenvalue weighted by Gasteiger charge is -2.17. The summed E-state index contributed by atoms with van der Waals surface area (Å²) in [4.78, 5) is 58.0. The summed E-state index contributed by atoms with van der Waals surface area (Å²) in [6, 6.07) is 10.5. The van der Waals surface area contributed by atoms with Gasteiger partial charge in [-0.3, -0.25) is 34.6 Å². The molecule has 0 spiro atoms. The topological polar surface area (TPSA) is 180 Å². The molecule has 0 atom stereocenters. The highest BCUT2D eigenvalue weighted by Gasteiger charge is 2.33. The smallest absolute Gasteiger partial charge is 0.416 e. The van der Waals surface area contributed by atoms with Crippen molar-refractivity contribution in [1.82, 2.24) is 10.2 Å². The van der Waals surface area contributed by atoms with Gasteiger partial charge in [0, 0.05) is 44.4 Å². The van der Waals surface area contributed by atoms with Crippen molar-refractivity contribution in [3.63, 3.8) is 0 Å². The molecule has 0 aliphatic carbocycles. The molecule has 0 radical (unpaired) electrons. The second kappa shape index (κ2) is 19.6. The quantitative estimate of drug-likeness (QED) is 0.0589. The summed E-state index contributed by atoms with van der Waals surface area (Å²) in [5.74, 6) is -4.22. The van der Waals surface area contributed by atoms with E-state index in [4.69, 9.17) is 25.8 Å². The Balaban J connectivity index is 0.000000317. The Morgan fingerprint density at radius 3 is 1.74 bits per heavy atom. The molecule has 22 heteroatoms. The van der Waals surface area contributed by atoms with Gasteiger partial charge in [0.15, 0.2) is 11.6 Å². The highest BCUT2D eigenvalue weighted by Crippen LogP contribution is 2.38. The number of nitrogens with zero attached hydrogens (tertiary/aromatic N) is 3. The molecule has 0 aliphatic rings. The average Bonchev–Trinajstić information content (AvgIpc) is 3.14. The van der Waals surface area contributed by atoms with Gasteiger partial charge in [-0.05, 0) is 62.4 Å². The number of hydrogen-bond acceptors (Lipinski definition) is 10. The lowest BCUT2D eigenvalue weighted by Crippen LogP contribution is -2.30. The van der Waals surface area contributed by atoms with E-state index in [1.54, 1.807) is 13.8 Å². The number of esters is 1. The van der Waals surface area contributed by atoms with E-state index in [9.17, 15) is 65.3 Å². The third kappa shape index (κ3) is 12.5. The summed E-state index contributed by atoms with van der Waals surface area (Å²) in [6.07, 6.45) is -9.45. The fourth-order valence-electron chi connectivity index (χ4n) is 4.66. The van der Waals surface area contributed by atoms with Crippen LogP contribution in [-0.2, 0) is 21.9 Å². The number of rotatable bonds is 13. The number of hydrogen-bond donors (Lipinski definition) is 1. The number of nitro groups is 2. The zero-order chi connectivity index (χ0) is 43.5. The second-order valence-electron chi connectivity index (χ2n) is 11.5. The van der Waals surface area contributed by atoms with Gasteiger partial charge in [-0.2, -0.15) is 26.3 Å². The summed E-state index contributed by atoms with van der Waals surface area (Å²) in [7, 11) is 1.31. The molecule has 1 N–H and O–H groups in total. The summed E-state index contributed by atoms with van der Waals surface area (Å²) < 4.78 is 105. The Hall–Kier alpha value is -6.51. The van der Waals surface area contributed by atoms with Crippen LogP contribution in [0.5, 0.6) is 23.0 Å². The van der Waals surface area contributed by atoms with Crippen LogP contribution in [0.2, 0.25) is 5.02 Å². The maximum absolute atomic E-state index is 14.0. The van der Waals surface area contributed by atoms with Crippen molar-refractivity contribution in [2.24, 2.45) is 0 Å². The first-order valence-corrected chi connectivity index (χ1v) is 16.8. The van der Waals surface area contributed by atoms with Gasteiger partial charge in [0.05, 0.1) is 39.0 Å². The average molecular weight is 847 g/mol. The predicted octanol–water partition coefficient (Wildman–Crippen LogP) is 9.38. The van der Waals surface area contributed by atoms with E-state index >= 15 is 0 Å². The van der Waals surface area contributed by atoms with Crippen molar-refractivity contribution in [1.29, 1.82) is 0 Å². The number of ether oxygens (including phenoxy) is 3. The van der Waals surface area contributed by atoms with E-state index in [1.165, 1.54) is 13.1 Å². The third-order valence-corrected chi connectivity index (χ3v) is 7.71. The highest BCUT2D eigenvalue weighted by molar-refractivity contribution is 6.32. The van der Waals surface area contributed by atoms with Gasteiger partial charge in [0.2, 0.25) is 0 Å². The molecule has 0 unspecified atom stereocenters. The summed E-state index contributed by atoms with van der Waals surface area (Å²) >= 11 is 5.81. The SMILES string of the molecule is CCNC(=O)c1cc(Oc2ccc(C(F)(F)F)cc2Cl)ccc1[N+](=O)[O-].CCOC(=O)CCN(C)C(=O)c1cc(Oc2ccc(C(F)(F)F)cc2F)ccc1[N+](=O)[O-]. The minimum atomic E-state index is -4.75. The molecule has 4 rings (SSSR count). The van der Waals surface area contributed by atoms with Gasteiger partial charge >= 0.3 is 18.3 Å². The van der Waals surface area contributed by atoms with Crippen molar-refractivity contribution in [3.8, 4) is 23.0 Å². The van der Waals surface area contributed by atoms with Crippen LogP contribution in [0.25, 0.3) is 0 Å². The summed E-state index contributed by atoms with van der Waals surface area (Å²) in [6.45, 7) is 3.58. The van der Waals surface area contributed by atoms with Gasteiger partial charge in [-0.15, -0.1) is 0 Å². The van der Waals surface area contributed by atoms with E-state index in [-0.39, 0.29) is 60.0 Å². The molecule has 0 bridgehead atoms. The molecule has 310 valence electrons. The molecular weight excluding hydrogens is 817 g/mol. The van der Waals surface area contributed by atoms with Crippen LogP contribution in [0.3, 0.4) is 0 Å². The Labute approximate surface area is 328 Å². The monoisotopic (exact) mass is 846 g/mol. The Bertz CT molecular complexity index is 2190. The van der Waals surface area contributed by atoms with Crippen LogP contribution in [-0.4, -0.2) is 59.3 Å². The molecule has 14 nitrogen and oxygen atoms in total. The van der Waals surface area contributed by atoms with Crippen LogP contribution < -0.4 is 14.8 Å². The lowest BCUT2D eigenvalue weighted by molar-refractivity contribution is -0.385. The minimum Gasteiger partial charge on any atom is -0.466 e. The van der Waals surface area contributed by atoms with Gasteiger partial charge < -0.3 is 24.4 Å². The number of carbonyl (C=O) groups excluding carboxylic acids is 3. The van der Waals surface area contributed by atoms with Crippen molar-refractivity contribution in [2.75, 3.05) is 26.7 Å². The molecule has 0 fully saturated rings. The lowest BCUT2D eigenvalue weighted by atomic mass is 10.1. The molecule has 2 amide bonds. The van der Waals surface area contributed by atoms with Gasteiger partial charge in [-0.25, -0.2) is 4.39 Å². The number of halogens is 8. The number of benzene rings is 4. The zero-order valence-electron chi connectivity index (χ0n) is 30.2. The van der Waals surface area contributed by atoms with Gasteiger partial charge in [-0.1, -0.05) is 11.6 Å². The van der Waals surface area contributed by atoms with Crippen LogP contribution in [0, 0.1) is 26.0 Å². The molecule has 0 heterocycles. The minimum absolute atomic E-state index is 0.0125. The molecule has 4 aromatic carbocycles. The fraction of sp³-hybridized carbons (Fsp3) is 0.250. The maximum atomic E-state index is 14.0. The first kappa shape index (κ1) is 45.9. The summed E-state index contributed by atoms with van der Waals surface area (Å²) in [5, 5.41) is 24.5. The highest BCUT2D eigenvalue weighted by atomic mass is 35.5. The normalized spacial score (nSPS) is 11.1. The first-order valence-electron chi connectivity index (χ1n) is 16.4. The molecule has 4 aromatic rings. The third-order valence-electron chi connectivity index (χ3n) is 7.42. The Kier molecular flexibility index (Phi) is 15.5. The number of nitrogens with one attached hydrogen (secondary N) is 1. The second-order valence-corrected chi connectivity index (χ2v) is 11.9. The maximum Gasteiger partial charge on any atom is 0.416 e. The molecule has 0 saturated heterocycles. The Morgan fingerprint density at radius 2 is 1.26 bits per heavy atom. The molecule has 0 aromatic heterocycles. The van der Waals surface area contributed by atoms with Crippen LogP contribution >= 0.6 is 11.6 Å². The number of carbonyl (C=O) groups is 3. The van der Waals surface area contributed by atoms with Crippen molar-refractivity contribution in [2.45, 2.75) is 32.6 Å². The van der Waals surface area contributed by atoms with Crippen molar-refractivity contribution >= 4 is 40.8 Å². The number of alkyl halides is 6. The Morgan fingerprint density at radius 1 is 0.759 bits per heavy atom. The van der Waals surface area contributed by atoms with Crippen LogP contribution in [0.4, 0.5) is 42.1 Å². The standard InChI is InChI=1S/C20H18F4N2O6.C16H12ClF3N2O4/c1-3-31-18(27)8-9-25(2)19(28)14-11-13(5-6-16(14)26(29)30)32-17-7-4-12(10-15(17)21)20(22,23)24;1-2-21-15(23)11-8-10(4-5-13(11)22(24)25)26-14-6-3-9(7-12(14)17)16(18,19)20/h4-7,10-11H,3,8-9H2,1-2H3;3-8H,2H2,1H3,(H,21,23). The molecule has 0 aliphatic heterocycles. The van der Waals surface area contributed by atoms with E-state index in [0.29, 0.717) is 12.1 Å². The first-order chi connectivity index (χ1) is 27.1. The molecule has 0 saturated carbocycles.